The lowest BCUT2D eigenvalue weighted by atomic mass is 10.2. The summed E-state index contributed by atoms with van der Waals surface area (Å²) in [6.07, 6.45) is 7.85. The lowest BCUT2D eigenvalue weighted by Gasteiger charge is -2.12. The van der Waals surface area contributed by atoms with Gasteiger partial charge in [-0.3, -0.25) is 0 Å². The molecule has 0 bridgehead atoms. The second-order valence-corrected chi connectivity index (χ2v) is 7.69. The highest BCUT2D eigenvalue weighted by molar-refractivity contribution is 7.89. The van der Waals surface area contributed by atoms with Crippen molar-refractivity contribution in [2.45, 2.75) is 50.5 Å². The fourth-order valence-electron chi connectivity index (χ4n) is 2.07. The summed E-state index contributed by atoms with van der Waals surface area (Å²) in [5.41, 5.74) is 0. The van der Waals surface area contributed by atoms with Crippen LogP contribution in [0.3, 0.4) is 0 Å². The third-order valence-electron chi connectivity index (χ3n) is 3.61. The number of nitrogens with one attached hydrogen (secondary N) is 1. The number of hydrogen-bond acceptors (Lipinski definition) is 3. The molecule has 1 aromatic carbocycles. The van der Waals surface area contributed by atoms with Crippen LogP contribution >= 0.6 is 0 Å². The number of halogens is 1. The minimum Gasteiger partial charge on any atom is -0.490 e. The van der Waals surface area contributed by atoms with Crippen LogP contribution in [0, 0.1) is 11.7 Å². The van der Waals surface area contributed by atoms with E-state index in [9.17, 15) is 12.8 Å². The van der Waals surface area contributed by atoms with Gasteiger partial charge in [-0.15, -0.1) is 0 Å². The monoisotopic (exact) mass is 341 g/mol. The fraction of sp³-hybridized carbons (Fsp3) is 0.529. The van der Waals surface area contributed by atoms with Gasteiger partial charge in [-0.1, -0.05) is 25.5 Å². The highest BCUT2D eigenvalue weighted by Gasteiger charge is 2.23. The predicted molar refractivity (Wildman–Crippen MR) is 88.5 cm³/mol. The third kappa shape index (κ3) is 5.62. The summed E-state index contributed by atoms with van der Waals surface area (Å²) in [5, 5.41) is 0. The Morgan fingerprint density at radius 1 is 1.43 bits per heavy atom. The molecule has 0 amide bonds. The average Bonchev–Trinajstić information content (AvgIpc) is 3.30. The van der Waals surface area contributed by atoms with Gasteiger partial charge in [-0.25, -0.2) is 17.5 Å². The second-order valence-electron chi connectivity index (χ2n) is 5.97. The van der Waals surface area contributed by atoms with Crippen molar-refractivity contribution in [3.63, 3.8) is 0 Å². The highest BCUT2D eigenvalue weighted by atomic mass is 32.2. The minimum atomic E-state index is -3.71. The van der Waals surface area contributed by atoms with Crippen LogP contribution in [-0.2, 0) is 10.0 Å². The number of rotatable bonds is 9. The van der Waals surface area contributed by atoms with Crippen LogP contribution in [0.1, 0.15) is 39.5 Å². The summed E-state index contributed by atoms with van der Waals surface area (Å²) in [4.78, 5) is 0.0143. The van der Waals surface area contributed by atoms with E-state index < -0.39 is 15.8 Å². The zero-order valence-corrected chi connectivity index (χ0v) is 14.4. The third-order valence-corrected chi connectivity index (χ3v) is 5.16. The predicted octanol–water partition coefficient (Wildman–Crippen LogP) is 3.64. The van der Waals surface area contributed by atoms with Gasteiger partial charge in [0.15, 0.2) is 11.6 Å². The molecule has 0 saturated heterocycles. The molecule has 1 aliphatic carbocycles. The molecular formula is C17H24FNO3S. The Morgan fingerprint density at radius 3 is 2.83 bits per heavy atom. The number of benzene rings is 1. The van der Waals surface area contributed by atoms with Crippen molar-refractivity contribution in [1.82, 2.24) is 4.72 Å². The van der Waals surface area contributed by atoms with Gasteiger partial charge in [0.1, 0.15) is 0 Å². The molecule has 1 atom stereocenters. The van der Waals surface area contributed by atoms with E-state index in [2.05, 4.69) is 11.6 Å². The smallest absolute Gasteiger partial charge is 0.241 e. The summed E-state index contributed by atoms with van der Waals surface area (Å²) < 4.78 is 46.4. The van der Waals surface area contributed by atoms with Gasteiger partial charge >= 0.3 is 0 Å². The second kappa shape index (κ2) is 7.93. The summed E-state index contributed by atoms with van der Waals surface area (Å²) in [5.74, 6) is -0.0778. The van der Waals surface area contributed by atoms with Gasteiger partial charge in [-0.2, -0.15) is 0 Å². The first-order chi connectivity index (χ1) is 10.9. The highest BCUT2D eigenvalue weighted by Crippen LogP contribution is 2.30. The zero-order chi connectivity index (χ0) is 16.9. The topological polar surface area (TPSA) is 55.4 Å². The van der Waals surface area contributed by atoms with Crippen molar-refractivity contribution in [2.75, 3.05) is 6.61 Å². The molecule has 2 rings (SSSR count). The summed E-state index contributed by atoms with van der Waals surface area (Å²) >= 11 is 0. The maximum atomic E-state index is 13.7. The standard InChI is InChI=1S/C17H24FNO3S/c1-3-4-5-6-13(2)19-23(20,21)15-9-10-16(18)17(11-15)22-12-14-7-8-14/h5-6,9-11,13-14,19H,3-4,7-8,12H2,1-2H3/b6-5+/t13-/m0/s1. The molecule has 0 radical (unpaired) electrons. The molecule has 1 saturated carbocycles. The van der Waals surface area contributed by atoms with E-state index in [4.69, 9.17) is 4.74 Å². The maximum Gasteiger partial charge on any atom is 0.241 e. The fourth-order valence-corrected chi connectivity index (χ4v) is 3.29. The van der Waals surface area contributed by atoms with E-state index in [1.54, 1.807) is 6.92 Å². The molecule has 23 heavy (non-hydrogen) atoms. The molecule has 1 N–H and O–H groups in total. The van der Waals surface area contributed by atoms with Crippen LogP contribution in [0.5, 0.6) is 5.75 Å². The Balaban J connectivity index is 2.07. The van der Waals surface area contributed by atoms with E-state index in [0.29, 0.717) is 12.5 Å². The van der Waals surface area contributed by atoms with Crippen molar-refractivity contribution < 1.29 is 17.5 Å². The van der Waals surface area contributed by atoms with Crippen LogP contribution in [0.15, 0.2) is 35.2 Å². The first-order valence-corrected chi connectivity index (χ1v) is 9.52. The Hall–Kier alpha value is -1.40. The molecule has 0 aromatic heterocycles. The van der Waals surface area contributed by atoms with Gasteiger partial charge in [0.05, 0.1) is 11.5 Å². The Morgan fingerprint density at radius 2 is 2.17 bits per heavy atom. The molecule has 4 nitrogen and oxygen atoms in total. The van der Waals surface area contributed by atoms with E-state index in [0.717, 1.165) is 31.7 Å². The molecule has 0 heterocycles. The molecular weight excluding hydrogens is 317 g/mol. The molecule has 0 aliphatic heterocycles. The van der Waals surface area contributed by atoms with Crippen molar-refractivity contribution in [1.29, 1.82) is 0 Å². The zero-order valence-electron chi connectivity index (χ0n) is 13.6. The largest absolute Gasteiger partial charge is 0.490 e. The molecule has 6 heteroatoms. The van der Waals surface area contributed by atoms with E-state index in [1.165, 1.54) is 12.1 Å². The SMILES string of the molecule is CCC/C=C/[C@H](C)NS(=O)(=O)c1ccc(F)c(OCC2CC2)c1. The van der Waals surface area contributed by atoms with E-state index in [-0.39, 0.29) is 16.7 Å². The van der Waals surface area contributed by atoms with Crippen molar-refractivity contribution in [2.24, 2.45) is 5.92 Å². The van der Waals surface area contributed by atoms with Gasteiger partial charge in [0.25, 0.3) is 0 Å². The Kier molecular flexibility index (Phi) is 6.18. The van der Waals surface area contributed by atoms with E-state index >= 15 is 0 Å². The molecule has 1 aliphatic rings. The van der Waals surface area contributed by atoms with Gasteiger partial charge < -0.3 is 4.74 Å². The Labute approximate surface area is 137 Å². The lowest BCUT2D eigenvalue weighted by molar-refractivity contribution is 0.284. The first kappa shape index (κ1) is 17.9. The average molecular weight is 341 g/mol. The molecule has 1 fully saturated rings. The summed E-state index contributed by atoms with van der Waals surface area (Å²) in [6.45, 7) is 4.25. The number of hydrogen-bond donors (Lipinski definition) is 1. The number of ether oxygens (including phenoxy) is 1. The lowest BCUT2D eigenvalue weighted by Crippen LogP contribution is -2.31. The van der Waals surface area contributed by atoms with Crippen molar-refractivity contribution >= 4 is 10.0 Å². The molecule has 0 unspecified atom stereocenters. The Bertz CT molecular complexity index is 654. The molecule has 1 aromatic rings. The van der Waals surface area contributed by atoms with Gasteiger partial charge in [0.2, 0.25) is 10.0 Å². The normalized spacial score (nSPS) is 16.7. The number of sulfonamides is 1. The molecule has 0 spiro atoms. The van der Waals surface area contributed by atoms with Crippen LogP contribution < -0.4 is 9.46 Å². The number of unbranched alkanes of at least 4 members (excludes halogenated alkanes) is 1. The van der Waals surface area contributed by atoms with Crippen molar-refractivity contribution in [3.05, 3.63) is 36.2 Å². The number of allylic oxidation sites excluding steroid dienone is 1. The van der Waals surface area contributed by atoms with Crippen LogP contribution in [0.2, 0.25) is 0 Å². The van der Waals surface area contributed by atoms with Crippen LogP contribution in [0.4, 0.5) is 4.39 Å². The summed E-state index contributed by atoms with van der Waals surface area (Å²) in [7, 11) is -3.71. The van der Waals surface area contributed by atoms with Crippen LogP contribution in [0.25, 0.3) is 0 Å². The maximum absolute atomic E-state index is 13.7. The minimum absolute atomic E-state index is 0.00560. The van der Waals surface area contributed by atoms with Gasteiger partial charge in [-0.05, 0) is 44.2 Å². The van der Waals surface area contributed by atoms with Crippen molar-refractivity contribution in [3.8, 4) is 5.75 Å². The van der Waals surface area contributed by atoms with Gasteiger partial charge in [0, 0.05) is 12.1 Å². The quantitative estimate of drug-likeness (QED) is 0.698. The summed E-state index contributed by atoms with van der Waals surface area (Å²) in [6, 6.07) is 3.31. The van der Waals surface area contributed by atoms with E-state index in [1.807, 2.05) is 12.2 Å². The first-order valence-electron chi connectivity index (χ1n) is 8.03. The molecule has 128 valence electrons. The van der Waals surface area contributed by atoms with Crippen LogP contribution in [-0.4, -0.2) is 21.1 Å².